The fraction of sp³-hybridized carbons (Fsp3) is 0.462. The highest BCUT2D eigenvalue weighted by Crippen LogP contribution is 2.38. The first-order valence-electron chi connectivity index (χ1n) is 11.8. The van der Waals surface area contributed by atoms with Crippen LogP contribution in [-0.2, 0) is 11.3 Å². The average molecular weight is 485 g/mol. The predicted molar refractivity (Wildman–Crippen MR) is 136 cm³/mol. The lowest BCUT2D eigenvalue weighted by atomic mass is 10.1. The van der Waals surface area contributed by atoms with Crippen molar-refractivity contribution < 1.29 is 14.3 Å². The number of hydrogen-bond acceptors (Lipinski definition) is 5. The molecule has 1 aliphatic rings. The summed E-state index contributed by atoms with van der Waals surface area (Å²) in [5, 5.41) is 0.520. The zero-order valence-corrected chi connectivity index (χ0v) is 21.1. The molecule has 0 saturated carbocycles. The second-order valence-corrected chi connectivity index (χ2v) is 9.83. The Morgan fingerprint density at radius 2 is 1.97 bits per heavy atom. The van der Waals surface area contributed by atoms with Crippen molar-refractivity contribution in [1.82, 2.24) is 14.9 Å². The first kappa shape index (κ1) is 24.2. The monoisotopic (exact) mass is 484 g/mol. The minimum absolute atomic E-state index is 0.109. The number of carbonyl (C=O) groups is 1. The Balaban J connectivity index is 1.50. The second-order valence-electron chi connectivity index (χ2n) is 9.43. The molecule has 4 rings (SSSR count). The third kappa shape index (κ3) is 5.41. The normalized spacial score (nSPS) is 14.2. The zero-order chi connectivity index (χ0) is 24.2. The SMILES string of the molecule is CC(C)CN(Cc1cc(Cl)c2c(c1)OCCCO2)C(=O)[C@H](C)CN(C)c1cccc2[nH]cnc12. The van der Waals surface area contributed by atoms with Crippen LogP contribution < -0.4 is 14.4 Å². The van der Waals surface area contributed by atoms with Gasteiger partial charge in [-0.05, 0) is 35.7 Å². The molecule has 7 nitrogen and oxygen atoms in total. The molecule has 0 unspecified atom stereocenters. The lowest BCUT2D eigenvalue weighted by Crippen LogP contribution is -2.41. The summed E-state index contributed by atoms with van der Waals surface area (Å²) < 4.78 is 11.6. The number of rotatable bonds is 8. The molecule has 0 bridgehead atoms. The molecule has 0 saturated heterocycles. The smallest absolute Gasteiger partial charge is 0.227 e. The largest absolute Gasteiger partial charge is 0.489 e. The van der Waals surface area contributed by atoms with E-state index in [1.54, 1.807) is 6.33 Å². The molecule has 0 spiro atoms. The number of aromatic amines is 1. The molecule has 2 aromatic carbocycles. The molecule has 0 aliphatic carbocycles. The Hall–Kier alpha value is -2.93. The first-order valence-corrected chi connectivity index (χ1v) is 12.2. The molecule has 1 aromatic heterocycles. The maximum absolute atomic E-state index is 13.6. The molecule has 34 heavy (non-hydrogen) atoms. The van der Waals surface area contributed by atoms with Crippen molar-refractivity contribution >= 4 is 34.2 Å². The Kier molecular flexibility index (Phi) is 7.51. The quantitative estimate of drug-likeness (QED) is 0.479. The fourth-order valence-electron chi connectivity index (χ4n) is 4.43. The van der Waals surface area contributed by atoms with Crippen LogP contribution in [0.25, 0.3) is 11.0 Å². The average Bonchev–Trinajstić information content (AvgIpc) is 3.15. The number of ether oxygens (including phenoxy) is 2. The summed E-state index contributed by atoms with van der Waals surface area (Å²) in [4.78, 5) is 25.2. The summed E-state index contributed by atoms with van der Waals surface area (Å²) in [6.45, 7) is 9.12. The molecule has 8 heteroatoms. The van der Waals surface area contributed by atoms with Gasteiger partial charge in [0.15, 0.2) is 11.5 Å². The van der Waals surface area contributed by atoms with E-state index in [-0.39, 0.29) is 11.8 Å². The minimum atomic E-state index is -0.200. The van der Waals surface area contributed by atoms with E-state index in [4.69, 9.17) is 21.1 Å². The number of H-pyrrole nitrogens is 1. The molecule has 3 aromatic rings. The Bertz CT molecular complexity index is 1150. The number of carbonyl (C=O) groups excluding carboxylic acids is 1. The molecular weight excluding hydrogens is 452 g/mol. The summed E-state index contributed by atoms with van der Waals surface area (Å²) in [6.07, 6.45) is 2.51. The molecule has 0 radical (unpaired) electrons. The van der Waals surface area contributed by atoms with E-state index in [1.807, 2.05) is 49.2 Å². The van der Waals surface area contributed by atoms with Crippen molar-refractivity contribution in [3.05, 3.63) is 47.2 Å². The lowest BCUT2D eigenvalue weighted by molar-refractivity contribution is -0.135. The van der Waals surface area contributed by atoms with Crippen molar-refractivity contribution in [2.75, 3.05) is 38.3 Å². The predicted octanol–water partition coefficient (Wildman–Crippen LogP) is 5.13. The van der Waals surface area contributed by atoms with Gasteiger partial charge in [0.2, 0.25) is 5.91 Å². The van der Waals surface area contributed by atoms with E-state index in [0.29, 0.717) is 55.3 Å². The van der Waals surface area contributed by atoms with Crippen LogP contribution in [0, 0.1) is 11.8 Å². The first-order chi connectivity index (χ1) is 16.3. The molecule has 1 amide bonds. The summed E-state index contributed by atoms with van der Waals surface area (Å²) >= 11 is 6.50. The number of aromatic nitrogens is 2. The van der Waals surface area contributed by atoms with Crippen molar-refractivity contribution in [3.63, 3.8) is 0 Å². The topological polar surface area (TPSA) is 70.7 Å². The standard InChI is InChI=1S/C26H33ClN4O3/c1-17(2)13-31(15-19-11-20(27)25-23(12-19)33-9-6-10-34-25)26(32)18(3)14-30(4)22-8-5-7-21-24(22)29-16-28-21/h5,7-8,11-12,16-18H,6,9-10,13-15H2,1-4H3,(H,28,29)/t18-/m1/s1. The van der Waals surface area contributed by atoms with Crippen LogP contribution in [0.15, 0.2) is 36.7 Å². The summed E-state index contributed by atoms with van der Waals surface area (Å²) in [6, 6.07) is 9.86. The maximum Gasteiger partial charge on any atom is 0.227 e. The number of hydrogen-bond donors (Lipinski definition) is 1. The van der Waals surface area contributed by atoms with Gasteiger partial charge in [-0.25, -0.2) is 4.98 Å². The lowest BCUT2D eigenvalue weighted by Gasteiger charge is -2.30. The van der Waals surface area contributed by atoms with Gasteiger partial charge in [0.05, 0.1) is 41.7 Å². The van der Waals surface area contributed by atoms with Gasteiger partial charge < -0.3 is 24.3 Å². The van der Waals surface area contributed by atoms with Crippen molar-refractivity contribution in [1.29, 1.82) is 0 Å². The number of para-hydroxylation sites is 1. The van der Waals surface area contributed by atoms with Gasteiger partial charge >= 0.3 is 0 Å². The van der Waals surface area contributed by atoms with Crippen molar-refractivity contribution in [3.8, 4) is 11.5 Å². The summed E-state index contributed by atoms with van der Waals surface area (Å²) in [5.74, 6) is 1.48. The highest BCUT2D eigenvalue weighted by molar-refractivity contribution is 6.32. The van der Waals surface area contributed by atoms with Gasteiger partial charge in [-0.15, -0.1) is 0 Å². The van der Waals surface area contributed by atoms with Crippen LogP contribution in [0.1, 0.15) is 32.8 Å². The highest BCUT2D eigenvalue weighted by Gasteiger charge is 2.25. The number of fused-ring (bicyclic) bond motifs is 2. The number of amides is 1. The fourth-order valence-corrected chi connectivity index (χ4v) is 4.71. The van der Waals surface area contributed by atoms with Gasteiger partial charge in [0.1, 0.15) is 5.52 Å². The summed E-state index contributed by atoms with van der Waals surface area (Å²) in [5.41, 5.74) is 3.83. The van der Waals surface area contributed by atoms with Crippen LogP contribution in [0.4, 0.5) is 5.69 Å². The molecule has 1 atom stereocenters. The number of nitrogens with one attached hydrogen (secondary N) is 1. The van der Waals surface area contributed by atoms with Crippen LogP contribution >= 0.6 is 11.6 Å². The molecule has 182 valence electrons. The van der Waals surface area contributed by atoms with E-state index >= 15 is 0 Å². The molecule has 1 aliphatic heterocycles. The van der Waals surface area contributed by atoms with Crippen molar-refractivity contribution in [2.45, 2.75) is 33.7 Å². The molecular formula is C26H33ClN4O3. The van der Waals surface area contributed by atoms with E-state index < -0.39 is 0 Å². The van der Waals surface area contributed by atoms with E-state index in [0.717, 1.165) is 28.7 Å². The third-order valence-corrected chi connectivity index (χ3v) is 6.22. The minimum Gasteiger partial charge on any atom is -0.489 e. The number of anilines is 1. The Morgan fingerprint density at radius 3 is 2.76 bits per heavy atom. The van der Waals surface area contributed by atoms with Crippen molar-refractivity contribution in [2.24, 2.45) is 11.8 Å². The van der Waals surface area contributed by atoms with E-state index in [9.17, 15) is 4.79 Å². The van der Waals surface area contributed by atoms with Crippen LogP contribution in [0.3, 0.4) is 0 Å². The zero-order valence-electron chi connectivity index (χ0n) is 20.3. The van der Waals surface area contributed by atoms with E-state index in [1.165, 1.54) is 0 Å². The number of nitrogens with zero attached hydrogens (tertiary/aromatic N) is 3. The number of halogens is 1. The van der Waals surface area contributed by atoms with Crippen LogP contribution in [0.2, 0.25) is 5.02 Å². The van der Waals surface area contributed by atoms with Gasteiger partial charge in [-0.2, -0.15) is 0 Å². The molecule has 2 heterocycles. The highest BCUT2D eigenvalue weighted by atomic mass is 35.5. The summed E-state index contributed by atoms with van der Waals surface area (Å²) in [7, 11) is 2.00. The Labute approximate surface area is 206 Å². The van der Waals surface area contributed by atoms with Gasteiger partial charge in [0, 0.05) is 33.1 Å². The van der Waals surface area contributed by atoms with Gasteiger partial charge in [-0.3, -0.25) is 4.79 Å². The van der Waals surface area contributed by atoms with Gasteiger partial charge in [-0.1, -0.05) is 38.4 Å². The third-order valence-electron chi connectivity index (χ3n) is 5.94. The molecule has 1 N–H and O–H groups in total. The second kappa shape index (κ2) is 10.6. The number of benzene rings is 2. The maximum atomic E-state index is 13.6. The number of imidazole rings is 1. The molecule has 0 fully saturated rings. The van der Waals surface area contributed by atoms with Crippen LogP contribution in [-0.4, -0.2) is 54.1 Å². The van der Waals surface area contributed by atoms with Crippen LogP contribution in [0.5, 0.6) is 11.5 Å². The van der Waals surface area contributed by atoms with E-state index in [2.05, 4.69) is 28.7 Å². The van der Waals surface area contributed by atoms with Gasteiger partial charge in [0.25, 0.3) is 0 Å². The Morgan fingerprint density at radius 1 is 1.18 bits per heavy atom.